The largest absolute Gasteiger partial charge is 0.481 e. The van der Waals surface area contributed by atoms with Gasteiger partial charge >= 0.3 is 0 Å². The minimum atomic E-state index is -0.467. The molecule has 0 N–H and O–H groups in total. The number of carbonyl (C=O) groups is 1. The van der Waals surface area contributed by atoms with Crippen LogP contribution in [-0.4, -0.2) is 43.1 Å². The molecule has 3 aromatic carbocycles. The predicted octanol–water partition coefficient (Wildman–Crippen LogP) is 5.31. The van der Waals surface area contributed by atoms with Crippen molar-refractivity contribution in [3.8, 4) is 5.75 Å². The van der Waals surface area contributed by atoms with Crippen LogP contribution in [0, 0.1) is 6.92 Å². The number of piperazine rings is 1. The van der Waals surface area contributed by atoms with Crippen LogP contribution in [0.5, 0.6) is 5.75 Å². The van der Waals surface area contributed by atoms with Crippen molar-refractivity contribution < 1.29 is 9.53 Å². The van der Waals surface area contributed by atoms with Crippen molar-refractivity contribution >= 4 is 34.0 Å². The molecule has 0 bridgehead atoms. The zero-order valence-electron chi connectivity index (χ0n) is 17.5. The van der Waals surface area contributed by atoms with Crippen LogP contribution in [0.15, 0.2) is 60.7 Å². The quantitative estimate of drug-likeness (QED) is 0.558. The highest BCUT2D eigenvalue weighted by atomic mass is 35.5. The molecule has 0 aliphatic carbocycles. The predicted molar refractivity (Wildman–Crippen MR) is 124 cm³/mol. The van der Waals surface area contributed by atoms with Crippen molar-refractivity contribution in [2.45, 2.75) is 26.4 Å². The first-order valence-electron chi connectivity index (χ1n) is 10.5. The number of benzene rings is 3. The smallest absolute Gasteiger partial charge is 0.263 e. The summed E-state index contributed by atoms with van der Waals surface area (Å²) in [5.41, 5.74) is 2.35. The Bertz CT molecular complexity index is 1040. The van der Waals surface area contributed by atoms with Gasteiger partial charge in [-0.3, -0.25) is 4.79 Å². The molecule has 156 valence electrons. The van der Waals surface area contributed by atoms with Crippen LogP contribution in [0.25, 0.3) is 10.8 Å². The Hall–Kier alpha value is -2.72. The van der Waals surface area contributed by atoms with Crippen LogP contribution < -0.4 is 9.64 Å². The van der Waals surface area contributed by atoms with Gasteiger partial charge < -0.3 is 14.5 Å². The summed E-state index contributed by atoms with van der Waals surface area (Å²) in [5, 5.41) is 3.02. The first kappa shape index (κ1) is 20.5. The lowest BCUT2D eigenvalue weighted by Gasteiger charge is -2.38. The number of rotatable bonds is 5. The first-order valence-corrected chi connectivity index (χ1v) is 10.9. The second-order valence-corrected chi connectivity index (χ2v) is 8.20. The molecular formula is C25H27ClN2O2. The topological polar surface area (TPSA) is 32.8 Å². The fourth-order valence-electron chi connectivity index (χ4n) is 4.01. The van der Waals surface area contributed by atoms with Crippen molar-refractivity contribution in [1.29, 1.82) is 0 Å². The van der Waals surface area contributed by atoms with Crippen LogP contribution in [0.4, 0.5) is 5.69 Å². The summed E-state index contributed by atoms with van der Waals surface area (Å²) in [5.74, 6) is 0.801. The van der Waals surface area contributed by atoms with Gasteiger partial charge in [-0.05, 0) is 53.9 Å². The van der Waals surface area contributed by atoms with E-state index in [2.05, 4.69) is 24.0 Å². The van der Waals surface area contributed by atoms with Gasteiger partial charge in [0.25, 0.3) is 5.91 Å². The normalized spacial score (nSPS) is 15.3. The van der Waals surface area contributed by atoms with Crippen molar-refractivity contribution in [2.75, 3.05) is 31.1 Å². The van der Waals surface area contributed by atoms with E-state index in [1.807, 2.05) is 60.4 Å². The Morgan fingerprint density at radius 2 is 1.73 bits per heavy atom. The second kappa shape index (κ2) is 8.97. The molecular weight excluding hydrogens is 396 g/mol. The highest BCUT2D eigenvalue weighted by molar-refractivity contribution is 6.30. The van der Waals surface area contributed by atoms with Crippen LogP contribution in [-0.2, 0) is 4.79 Å². The standard InChI is InChI=1S/C25H27ClN2O2/c1-3-24(30-22-11-9-19-6-4-5-7-20(19)16-22)25(29)28-14-12-27(13-15-28)23-17-21(26)10-8-18(23)2/h4-11,16-17,24H,3,12-15H2,1-2H3/t24-/m0/s1. The van der Waals surface area contributed by atoms with Gasteiger partial charge in [-0.2, -0.15) is 0 Å². The van der Waals surface area contributed by atoms with Crippen LogP contribution in [0.1, 0.15) is 18.9 Å². The molecule has 1 aliphatic rings. The summed E-state index contributed by atoms with van der Waals surface area (Å²) in [7, 11) is 0. The number of anilines is 1. The lowest BCUT2D eigenvalue weighted by molar-refractivity contribution is -0.139. The molecule has 1 aliphatic heterocycles. The van der Waals surface area contributed by atoms with Gasteiger partial charge in [0, 0.05) is 36.9 Å². The van der Waals surface area contributed by atoms with E-state index >= 15 is 0 Å². The monoisotopic (exact) mass is 422 g/mol. The molecule has 1 saturated heterocycles. The number of hydrogen-bond donors (Lipinski definition) is 0. The van der Waals surface area contributed by atoms with Crippen molar-refractivity contribution in [3.63, 3.8) is 0 Å². The molecule has 0 radical (unpaired) electrons. The maximum Gasteiger partial charge on any atom is 0.263 e. The van der Waals surface area contributed by atoms with Crippen molar-refractivity contribution in [3.05, 3.63) is 71.2 Å². The van der Waals surface area contributed by atoms with Gasteiger partial charge in [0.05, 0.1) is 0 Å². The summed E-state index contributed by atoms with van der Waals surface area (Å²) in [6.45, 7) is 7.03. The fraction of sp³-hybridized carbons (Fsp3) is 0.320. The number of halogens is 1. The Morgan fingerprint density at radius 3 is 2.47 bits per heavy atom. The number of nitrogens with zero attached hydrogens (tertiary/aromatic N) is 2. The highest BCUT2D eigenvalue weighted by Gasteiger charge is 2.28. The third kappa shape index (κ3) is 4.39. The summed E-state index contributed by atoms with van der Waals surface area (Å²) in [6.07, 6.45) is 0.171. The second-order valence-electron chi connectivity index (χ2n) is 7.77. The van der Waals surface area contributed by atoms with E-state index < -0.39 is 6.10 Å². The molecule has 0 unspecified atom stereocenters. The minimum Gasteiger partial charge on any atom is -0.481 e. The number of hydrogen-bond acceptors (Lipinski definition) is 3. The molecule has 30 heavy (non-hydrogen) atoms. The van der Waals surface area contributed by atoms with E-state index in [4.69, 9.17) is 16.3 Å². The zero-order valence-corrected chi connectivity index (χ0v) is 18.2. The Morgan fingerprint density at radius 1 is 1.00 bits per heavy atom. The summed E-state index contributed by atoms with van der Waals surface area (Å²) >= 11 is 6.18. The molecule has 4 nitrogen and oxygen atoms in total. The zero-order chi connectivity index (χ0) is 21.1. The van der Waals surface area contributed by atoms with E-state index in [0.717, 1.165) is 40.3 Å². The molecule has 0 saturated carbocycles. The summed E-state index contributed by atoms with van der Waals surface area (Å²) in [6, 6.07) is 20.1. The van der Waals surface area contributed by atoms with Gasteiger partial charge in [0.15, 0.2) is 6.10 Å². The third-order valence-electron chi connectivity index (χ3n) is 5.75. The average Bonchev–Trinajstić information content (AvgIpc) is 2.78. The Kier molecular flexibility index (Phi) is 6.14. The molecule has 1 amide bonds. The Labute approximate surface area is 183 Å². The number of carbonyl (C=O) groups excluding carboxylic acids is 1. The third-order valence-corrected chi connectivity index (χ3v) is 5.98. The molecule has 1 heterocycles. The van der Waals surface area contributed by atoms with Crippen LogP contribution >= 0.6 is 11.6 Å². The van der Waals surface area contributed by atoms with E-state index in [1.54, 1.807) is 0 Å². The number of aryl methyl sites for hydroxylation is 1. The van der Waals surface area contributed by atoms with Crippen LogP contribution in [0.3, 0.4) is 0 Å². The fourth-order valence-corrected chi connectivity index (χ4v) is 4.17. The molecule has 1 fully saturated rings. The van der Waals surface area contributed by atoms with Crippen LogP contribution in [0.2, 0.25) is 5.02 Å². The maximum absolute atomic E-state index is 13.1. The molecule has 4 rings (SSSR count). The highest BCUT2D eigenvalue weighted by Crippen LogP contribution is 2.26. The van der Waals surface area contributed by atoms with E-state index in [9.17, 15) is 4.79 Å². The Balaban J connectivity index is 1.41. The number of ether oxygens (including phenoxy) is 1. The maximum atomic E-state index is 13.1. The minimum absolute atomic E-state index is 0.0631. The van der Waals surface area contributed by atoms with E-state index in [0.29, 0.717) is 19.5 Å². The van der Waals surface area contributed by atoms with Crippen molar-refractivity contribution in [2.24, 2.45) is 0 Å². The average molecular weight is 423 g/mol. The summed E-state index contributed by atoms with van der Waals surface area (Å²) in [4.78, 5) is 17.3. The van der Waals surface area contributed by atoms with E-state index in [-0.39, 0.29) is 5.91 Å². The van der Waals surface area contributed by atoms with E-state index in [1.165, 1.54) is 5.56 Å². The van der Waals surface area contributed by atoms with Gasteiger partial charge in [-0.15, -0.1) is 0 Å². The molecule has 0 spiro atoms. The molecule has 5 heteroatoms. The number of fused-ring (bicyclic) bond motifs is 1. The molecule has 0 aromatic heterocycles. The van der Waals surface area contributed by atoms with Gasteiger partial charge in [0.2, 0.25) is 0 Å². The lowest BCUT2D eigenvalue weighted by atomic mass is 10.1. The number of amides is 1. The molecule has 1 atom stereocenters. The lowest BCUT2D eigenvalue weighted by Crippen LogP contribution is -2.52. The molecule has 3 aromatic rings. The van der Waals surface area contributed by atoms with Gasteiger partial charge in [-0.1, -0.05) is 54.9 Å². The summed E-state index contributed by atoms with van der Waals surface area (Å²) < 4.78 is 6.11. The first-order chi connectivity index (χ1) is 14.5. The van der Waals surface area contributed by atoms with Gasteiger partial charge in [0.1, 0.15) is 5.75 Å². The van der Waals surface area contributed by atoms with Crippen molar-refractivity contribution in [1.82, 2.24) is 4.90 Å². The van der Waals surface area contributed by atoms with Gasteiger partial charge in [-0.25, -0.2) is 0 Å². The SMILES string of the molecule is CC[C@H](Oc1ccc2ccccc2c1)C(=O)N1CCN(c2cc(Cl)ccc2C)CC1.